The molecular formula is C47H40. The van der Waals surface area contributed by atoms with Crippen LogP contribution in [0.2, 0.25) is 0 Å². The Morgan fingerprint density at radius 1 is 0.489 bits per heavy atom. The van der Waals surface area contributed by atoms with Crippen molar-refractivity contribution in [2.75, 3.05) is 0 Å². The minimum atomic E-state index is -0.0887. The predicted molar refractivity (Wildman–Crippen MR) is 203 cm³/mol. The van der Waals surface area contributed by atoms with Crippen LogP contribution in [-0.4, -0.2) is 0 Å². The highest BCUT2D eigenvalue weighted by Gasteiger charge is 2.35. The van der Waals surface area contributed by atoms with Gasteiger partial charge in [0.25, 0.3) is 0 Å². The van der Waals surface area contributed by atoms with Gasteiger partial charge >= 0.3 is 0 Å². The van der Waals surface area contributed by atoms with Crippen LogP contribution >= 0.6 is 0 Å². The zero-order chi connectivity index (χ0) is 32.5. The standard InChI is InChI=1S/C47H40/c1-6-13-32(2)26-33(3)38-22-24-43-44-25-23-39(31-46(44)47(4,5)45(43)30-38)36-18-20-37(21-19-36)42-28-40(34-14-9-7-10-15-34)27-41(29-42)35-16-11-8-12-17-35/h6-31H,1H2,2-5H3/b32-13-,33-26+. The summed E-state index contributed by atoms with van der Waals surface area (Å²) in [4.78, 5) is 0. The second-order valence-electron chi connectivity index (χ2n) is 13.2. The molecule has 228 valence electrons. The maximum absolute atomic E-state index is 3.84. The molecule has 0 N–H and O–H groups in total. The third-order valence-corrected chi connectivity index (χ3v) is 9.66. The maximum Gasteiger partial charge on any atom is 0.0159 e. The lowest BCUT2D eigenvalue weighted by Gasteiger charge is -2.23. The van der Waals surface area contributed by atoms with Gasteiger partial charge in [0.2, 0.25) is 0 Å². The highest BCUT2D eigenvalue weighted by molar-refractivity contribution is 5.86. The predicted octanol–water partition coefficient (Wildman–Crippen LogP) is 13.2. The van der Waals surface area contributed by atoms with E-state index in [4.69, 9.17) is 0 Å². The van der Waals surface area contributed by atoms with Crippen LogP contribution < -0.4 is 0 Å². The van der Waals surface area contributed by atoms with Crippen molar-refractivity contribution >= 4 is 5.57 Å². The smallest absolute Gasteiger partial charge is 0.0159 e. The van der Waals surface area contributed by atoms with E-state index in [1.54, 1.807) is 0 Å². The SMILES string of the molecule is C=C/C=C(C)\C=C(/C)c1ccc2c(c1)C(C)(C)c1cc(-c3ccc(-c4cc(-c5ccccc5)cc(-c5ccccc5)c4)cc3)ccc1-2. The molecule has 6 aromatic rings. The normalized spacial score (nSPS) is 13.6. The molecule has 0 heterocycles. The number of allylic oxidation sites excluding steroid dienone is 5. The molecule has 0 aromatic heterocycles. The molecule has 0 radical (unpaired) electrons. The first-order valence-electron chi connectivity index (χ1n) is 16.5. The molecule has 6 aromatic carbocycles. The topological polar surface area (TPSA) is 0 Å². The van der Waals surface area contributed by atoms with Crippen molar-refractivity contribution in [2.24, 2.45) is 0 Å². The van der Waals surface area contributed by atoms with Crippen molar-refractivity contribution in [2.45, 2.75) is 33.1 Å². The van der Waals surface area contributed by atoms with Crippen LogP contribution in [0.25, 0.3) is 61.2 Å². The molecule has 0 nitrogen and oxygen atoms in total. The van der Waals surface area contributed by atoms with Crippen LogP contribution in [0.4, 0.5) is 0 Å². The summed E-state index contributed by atoms with van der Waals surface area (Å²) in [6, 6.07) is 51.3. The lowest BCUT2D eigenvalue weighted by atomic mass is 9.80. The Kier molecular flexibility index (Phi) is 7.96. The van der Waals surface area contributed by atoms with Crippen LogP contribution in [0.5, 0.6) is 0 Å². The van der Waals surface area contributed by atoms with Crippen LogP contribution in [0.1, 0.15) is 44.4 Å². The van der Waals surface area contributed by atoms with Gasteiger partial charge in [-0.2, -0.15) is 0 Å². The molecule has 0 spiro atoms. The fraction of sp³-hybridized carbons (Fsp3) is 0.106. The third kappa shape index (κ3) is 5.84. The first kappa shape index (κ1) is 30.2. The highest BCUT2D eigenvalue weighted by Crippen LogP contribution is 2.50. The molecule has 0 amide bonds. The Balaban J connectivity index is 1.22. The monoisotopic (exact) mass is 604 g/mol. The van der Waals surface area contributed by atoms with Crippen LogP contribution in [0, 0.1) is 0 Å². The quantitative estimate of drug-likeness (QED) is 0.159. The zero-order valence-corrected chi connectivity index (χ0v) is 27.7. The van der Waals surface area contributed by atoms with Gasteiger partial charge < -0.3 is 0 Å². The van der Waals surface area contributed by atoms with Crippen molar-refractivity contribution < 1.29 is 0 Å². The second-order valence-corrected chi connectivity index (χ2v) is 13.2. The lowest BCUT2D eigenvalue weighted by molar-refractivity contribution is 0.660. The van der Waals surface area contributed by atoms with Crippen molar-refractivity contribution in [3.8, 4) is 55.6 Å². The van der Waals surface area contributed by atoms with Crippen LogP contribution in [-0.2, 0) is 5.41 Å². The summed E-state index contributed by atoms with van der Waals surface area (Å²) in [5.74, 6) is 0. The number of fused-ring (bicyclic) bond motifs is 3. The Morgan fingerprint density at radius 2 is 0.936 bits per heavy atom. The molecule has 0 bridgehead atoms. The summed E-state index contributed by atoms with van der Waals surface area (Å²) in [5.41, 5.74) is 18.9. The van der Waals surface area contributed by atoms with E-state index < -0.39 is 0 Å². The molecule has 47 heavy (non-hydrogen) atoms. The summed E-state index contributed by atoms with van der Waals surface area (Å²) in [7, 11) is 0. The summed E-state index contributed by atoms with van der Waals surface area (Å²) < 4.78 is 0. The molecule has 0 heteroatoms. The second kappa shape index (κ2) is 12.4. The Bertz CT molecular complexity index is 2100. The molecular weight excluding hydrogens is 565 g/mol. The van der Waals surface area contributed by atoms with E-state index in [1.165, 1.54) is 83.5 Å². The number of hydrogen-bond acceptors (Lipinski definition) is 0. The largest absolute Gasteiger partial charge is 0.0991 e. The minimum Gasteiger partial charge on any atom is -0.0991 e. The Labute approximate surface area is 280 Å². The summed E-state index contributed by atoms with van der Waals surface area (Å²) in [6.07, 6.45) is 6.13. The molecule has 0 unspecified atom stereocenters. The number of benzene rings is 6. The average Bonchev–Trinajstić information content (AvgIpc) is 3.34. The van der Waals surface area contributed by atoms with Crippen molar-refractivity contribution in [1.82, 2.24) is 0 Å². The molecule has 0 atom stereocenters. The van der Waals surface area contributed by atoms with Gasteiger partial charge in [0.15, 0.2) is 0 Å². The summed E-state index contributed by atoms with van der Waals surface area (Å²) in [5, 5.41) is 0. The van der Waals surface area contributed by atoms with Gasteiger partial charge in [0, 0.05) is 5.41 Å². The number of rotatable bonds is 7. The van der Waals surface area contributed by atoms with Gasteiger partial charge in [-0.05, 0) is 122 Å². The van der Waals surface area contributed by atoms with Gasteiger partial charge in [0.05, 0.1) is 0 Å². The van der Waals surface area contributed by atoms with Gasteiger partial charge in [-0.25, -0.2) is 0 Å². The third-order valence-electron chi connectivity index (χ3n) is 9.66. The van der Waals surface area contributed by atoms with Crippen LogP contribution in [0.15, 0.2) is 170 Å². The Morgan fingerprint density at radius 3 is 1.47 bits per heavy atom. The molecule has 7 rings (SSSR count). The number of hydrogen-bond donors (Lipinski definition) is 0. The van der Waals surface area contributed by atoms with E-state index in [-0.39, 0.29) is 5.41 Å². The molecule has 0 saturated carbocycles. The van der Waals surface area contributed by atoms with E-state index in [2.05, 4.69) is 186 Å². The van der Waals surface area contributed by atoms with E-state index in [9.17, 15) is 0 Å². The van der Waals surface area contributed by atoms with Crippen molar-refractivity contribution in [1.29, 1.82) is 0 Å². The van der Waals surface area contributed by atoms with Gasteiger partial charge in [-0.3, -0.25) is 0 Å². The fourth-order valence-electron chi connectivity index (χ4n) is 7.07. The van der Waals surface area contributed by atoms with Gasteiger partial charge in [-0.1, -0.05) is 153 Å². The van der Waals surface area contributed by atoms with Gasteiger partial charge in [-0.15, -0.1) is 0 Å². The van der Waals surface area contributed by atoms with Crippen LogP contribution in [0.3, 0.4) is 0 Å². The first-order chi connectivity index (χ1) is 22.8. The van der Waals surface area contributed by atoms with E-state index in [0.29, 0.717) is 0 Å². The molecule has 1 aliphatic rings. The molecule has 0 fully saturated rings. The zero-order valence-electron chi connectivity index (χ0n) is 27.7. The minimum absolute atomic E-state index is 0.0887. The maximum atomic E-state index is 3.84. The molecule has 0 saturated heterocycles. The molecule has 0 aliphatic heterocycles. The van der Waals surface area contributed by atoms with Crippen molar-refractivity contribution in [3.63, 3.8) is 0 Å². The average molecular weight is 605 g/mol. The van der Waals surface area contributed by atoms with Crippen molar-refractivity contribution in [3.05, 3.63) is 187 Å². The summed E-state index contributed by atoms with van der Waals surface area (Å²) >= 11 is 0. The van der Waals surface area contributed by atoms with Gasteiger partial charge in [0.1, 0.15) is 0 Å². The summed E-state index contributed by atoms with van der Waals surface area (Å²) in [6.45, 7) is 12.9. The van der Waals surface area contributed by atoms with E-state index in [0.717, 1.165) is 0 Å². The molecule has 1 aliphatic carbocycles. The van der Waals surface area contributed by atoms with E-state index in [1.807, 2.05) is 6.08 Å². The van der Waals surface area contributed by atoms with E-state index >= 15 is 0 Å². The lowest BCUT2D eigenvalue weighted by Crippen LogP contribution is -2.15. The highest BCUT2D eigenvalue weighted by atomic mass is 14.4. The first-order valence-corrected chi connectivity index (χ1v) is 16.5. The Hall–Kier alpha value is -5.46. The fourth-order valence-corrected chi connectivity index (χ4v) is 7.07.